The number of thiophene rings is 1. The fourth-order valence-corrected chi connectivity index (χ4v) is 4.61. The van der Waals surface area contributed by atoms with E-state index in [1.165, 1.54) is 22.7 Å². The zero-order valence-corrected chi connectivity index (χ0v) is 14.7. The van der Waals surface area contributed by atoms with Gasteiger partial charge < -0.3 is 4.90 Å². The van der Waals surface area contributed by atoms with Gasteiger partial charge in [-0.1, -0.05) is 13.8 Å². The van der Waals surface area contributed by atoms with Crippen LogP contribution < -0.4 is 5.48 Å². The molecule has 2 aromatic heterocycles. The van der Waals surface area contributed by atoms with Gasteiger partial charge in [0.05, 0.1) is 9.88 Å². The van der Waals surface area contributed by atoms with Crippen LogP contribution in [0.3, 0.4) is 0 Å². The summed E-state index contributed by atoms with van der Waals surface area (Å²) in [5.74, 6) is -0.611. The molecule has 1 aliphatic rings. The molecule has 0 atom stereocenters. The number of amides is 2. The van der Waals surface area contributed by atoms with Gasteiger partial charge >= 0.3 is 0 Å². The van der Waals surface area contributed by atoms with Crippen molar-refractivity contribution in [3.8, 4) is 0 Å². The highest BCUT2D eigenvalue weighted by Crippen LogP contribution is 2.39. The van der Waals surface area contributed by atoms with Crippen molar-refractivity contribution >= 4 is 34.5 Å². The van der Waals surface area contributed by atoms with Gasteiger partial charge in [-0.15, -0.1) is 22.7 Å². The molecular formula is C15H17N3O3S2. The smallest absolute Gasteiger partial charge is 0.284 e. The van der Waals surface area contributed by atoms with Crippen LogP contribution in [0.5, 0.6) is 0 Å². The first-order chi connectivity index (χ1) is 10.8. The predicted octanol–water partition coefficient (Wildman–Crippen LogP) is 2.57. The minimum Gasteiger partial charge on any atom is -0.332 e. The minimum absolute atomic E-state index is 0.0903. The first-order valence-electron chi connectivity index (χ1n) is 7.11. The summed E-state index contributed by atoms with van der Waals surface area (Å²) in [7, 11) is 0. The van der Waals surface area contributed by atoms with Crippen molar-refractivity contribution in [1.29, 1.82) is 0 Å². The largest absolute Gasteiger partial charge is 0.332 e. The Balaban J connectivity index is 1.92. The second-order valence-corrected chi connectivity index (χ2v) is 8.32. The van der Waals surface area contributed by atoms with Gasteiger partial charge in [-0.2, -0.15) is 0 Å². The third-order valence-corrected chi connectivity index (χ3v) is 6.14. The Morgan fingerprint density at radius 2 is 2.17 bits per heavy atom. The number of hydrogen-bond acceptors (Lipinski definition) is 6. The normalized spacial score (nSPS) is 16.1. The van der Waals surface area contributed by atoms with Crippen LogP contribution in [0.1, 0.15) is 49.5 Å². The molecule has 0 bridgehead atoms. The maximum absolute atomic E-state index is 12.7. The summed E-state index contributed by atoms with van der Waals surface area (Å²) in [6.45, 7) is 6.99. The number of hydroxylamine groups is 1. The maximum Gasteiger partial charge on any atom is 0.284 e. The molecule has 2 N–H and O–H groups in total. The molecule has 0 unspecified atom stereocenters. The molecule has 0 fully saturated rings. The van der Waals surface area contributed by atoms with Crippen molar-refractivity contribution in [2.75, 3.05) is 6.54 Å². The van der Waals surface area contributed by atoms with Crippen molar-refractivity contribution < 1.29 is 14.8 Å². The summed E-state index contributed by atoms with van der Waals surface area (Å²) in [5, 5.41) is 11.4. The Hall–Kier alpha value is -1.77. The van der Waals surface area contributed by atoms with Gasteiger partial charge in [0.1, 0.15) is 5.69 Å². The highest BCUT2D eigenvalue weighted by Gasteiger charge is 2.37. The minimum atomic E-state index is -0.520. The molecule has 0 saturated carbocycles. The molecule has 2 amide bonds. The third-order valence-electron chi connectivity index (χ3n) is 3.82. The third kappa shape index (κ3) is 2.89. The van der Waals surface area contributed by atoms with E-state index in [4.69, 9.17) is 5.21 Å². The number of nitrogens with zero attached hydrogens (tertiary/aromatic N) is 2. The second kappa shape index (κ2) is 5.70. The van der Waals surface area contributed by atoms with Crippen molar-refractivity contribution in [1.82, 2.24) is 15.4 Å². The molecule has 8 heteroatoms. The zero-order chi connectivity index (χ0) is 16.8. The summed E-state index contributed by atoms with van der Waals surface area (Å²) in [4.78, 5) is 31.9. The number of aryl methyl sites for hydroxylation is 1. The summed E-state index contributed by atoms with van der Waals surface area (Å²) >= 11 is 2.82. The van der Waals surface area contributed by atoms with Gasteiger partial charge in [-0.25, -0.2) is 10.5 Å². The Kier molecular flexibility index (Phi) is 3.99. The van der Waals surface area contributed by atoms with E-state index in [0.29, 0.717) is 23.7 Å². The predicted molar refractivity (Wildman–Crippen MR) is 88.2 cm³/mol. The van der Waals surface area contributed by atoms with E-state index in [-0.39, 0.29) is 11.3 Å². The quantitative estimate of drug-likeness (QED) is 0.643. The molecule has 0 aromatic carbocycles. The van der Waals surface area contributed by atoms with Crippen molar-refractivity contribution in [3.05, 3.63) is 37.5 Å². The fourth-order valence-electron chi connectivity index (χ4n) is 2.86. The molecule has 0 radical (unpaired) electrons. The first-order valence-corrected chi connectivity index (χ1v) is 8.80. The van der Waals surface area contributed by atoms with E-state index in [1.807, 2.05) is 6.92 Å². The van der Waals surface area contributed by atoms with Crippen LogP contribution >= 0.6 is 22.7 Å². The Labute approximate surface area is 141 Å². The first kappa shape index (κ1) is 16.1. The van der Waals surface area contributed by atoms with Crippen LogP contribution in [-0.4, -0.2) is 33.5 Å². The number of thiazole rings is 1. The molecule has 0 saturated heterocycles. The lowest BCUT2D eigenvalue weighted by atomic mass is 9.85. The van der Waals surface area contributed by atoms with E-state index in [2.05, 4.69) is 18.8 Å². The van der Waals surface area contributed by atoms with E-state index in [1.54, 1.807) is 21.8 Å². The molecule has 0 aliphatic carbocycles. The van der Waals surface area contributed by atoms with E-state index in [9.17, 15) is 9.59 Å². The lowest BCUT2D eigenvalue weighted by molar-refractivity contribution is 0.0683. The summed E-state index contributed by atoms with van der Waals surface area (Å²) in [5.41, 5.74) is 2.82. The highest BCUT2D eigenvalue weighted by atomic mass is 32.1. The number of rotatable bonds is 2. The number of carbonyl (C=O) groups is 2. The van der Waals surface area contributed by atoms with Gasteiger partial charge in [0.15, 0.2) is 0 Å². The Bertz CT molecular complexity index is 779. The van der Waals surface area contributed by atoms with Crippen molar-refractivity contribution in [2.45, 2.75) is 32.7 Å². The van der Waals surface area contributed by atoms with Crippen molar-refractivity contribution in [3.63, 3.8) is 0 Å². The molecule has 0 spiro atoms. The van der Waals surface area contributed by atoms with Crippen LogP contribution in [0.4, 0.5) is 0 Å². The maximum atomic E-state index is 12.7. The van der Waals surface area contributed by atoms with Crippen molar-refractivity contribution in [2.24, 2.45) is 0 Å². The number of fused-ring (bicyclic) bond motifs is 1. The van der Waals surface area contributed by atoms with Crippen LogP contribution in [0.25, 0.3) is 0 Å². The van der Waals surface area contributed by atoms with Crippen LogP contribution in [0, 0.1) is 6.92 Å². The molecule has 2 aromatic rings. The lowest BCUT2D eigenvalue weighted by Crippen LogP contribution is -2.44. The average Bonchev–Trinajstić information content (AvgIpc) is 3.11. The second-order valence-electron chi connectivity index (χ2n) is 6.20. The molecule has 3 heterocycles. The van der Waals surface area contributed by atoms with Crippen LogP contribution in [-0.2, 0) is 12.0 Å². The molecule has 23 heavy (non-hydrogen) atoms. The number of hydrogen-bond donors (Lipinski definition) is 2. The van der Waals surface area contributed by atoms with Gasteiger partial charge in [-0.05, 0) is 18.6 Å². The number of carbonyl (C=O) groups excluding carboxylic acids is 2. The summed E-state index contributed by atoms with van der Waals surface area (Å²) < 4.78 is 0. The van der Waals surface area contributed by atoms with Gasteiger partial charge in [0.2, 0.25) is 0 Å². The molecule has 122 valence electrons. The zero-order valence-electron chi connectivity index (χ0n) is 13.0. The van der Waals surface area contributed by atoms with Crippen LogP contribution in [0.2, 0.25) is 0 Å². The van der Waals surface area contributed by atoms with Crippen LogP contribution in [0.15, 0.2) is 11.4 Å². The van der Waals surface area contributed by atoms with E-state index >= 15 is 0 Å². The fraction of sp³-hybridized carbons (Fsp3) is 0.400. The molecule has 6 nitrogen and oxygen atoms in total. The average molecular weight is 351 g/mol. The van der Waals surface area contributed by atoms with Gasteiger partial charge in [-0.3, -0.25) is 14.8 Å². The van der Waals surface area contributed by atoms with Gasteiger partial charge in [0.25, 0.3) is 11.8 Å². The highest BCUT2D eigenvalue weighted by molar-refractivity contribution is 7.14. The Morgan fingerprint density at radius 3 is 2.78 bits per heavy atom. The monoisotopic (exact) mass is 351 g/mol. The SMILES string of the molecule is Cc1nc(C(=O)N2Cc3cc(C(=O)NO)sc3C(C)(C)C2)cs1. The summed E-state index contributed by atoms with van der Waals surface area (Å²) in [6, 6.07) is 1.75. The number of nitrogens with one attached hydrogen (secondary N) is 1. The lowest BCUT2D eigenvalue weighted by Gasteiger charge is -2.37. The van der Waals surface area contributed by atoms with E-state index < -0.39 is 5.91 Å². The standard InChI is InChI=1S/C15H17N3O3S2/c1-8-16-10(6-22-8)14(20)18-5-9-4-11(13(19)17-21)23-12(9)15(2,3)7-18/h4,6,21H,5,7H2,1-3H3,(H,17,19). The topological polar surface area (TPSA) is 82.5 Å². The molecule has 1 aliphatic heterocycles. The van der Waals surface area contributed by atoms with Gasteiger partial charge in [0, 0.05) is 28.8 Å². The Morgan fingerprint density at radius 1 is 1.43 bits per heavy atom. The molecular weight excluding hydrogens is 334 g/mol. The number of aromatic nitrogens is 1. The summed E-state index contributed by atoms with van der Waals surface area (Å²) in [6.07, 6.45) is 0. The van der Waals surface area contributed by atoms with E-state index in [0.717, 1.165) is 15.4 Å². The molecule has 3 rings (SSSR count).